The van der Waals surface area contributed by atoms with Gasteiger partial charge in [0.25, 0.3) is 0 Å². The monoisotopic (exact) mass is 735 g/mol. The first kappa shape index (κ1) is 37.4. The number of rotatable bonds is 16. The third kappa shape index (κ3) is 8.32. The maximum atomic E-state index is 13.9. The van der Waals surface area contributed by atoms with Crippen molar-refractivity contribution in [1.29, 1.82) is 0 Å². The van der Waals surface area contributed by atoms with E-state index < -0.39 is 29.2 Å². The third-order valence-corrected chi connectivity index (χ3v) is 9.82. The zero-order valence-electron chi connectivity index (χ0n) is 30.1. The molecule has 1 N–H and O–H groups in total. The standard InChI is InChI=1S/C45H41N3O5S/c1-4-31-51-41(49)39(48-53-44(3,5-2)42(50)52-40(33-21-11-6-12-22-33)34-23-13-7-14-24-34)38-32-54-43(46-38)47-45(35-25-15-8-16-26-35,36-27-17-9-18-28-36)37-29-19-10-20-30-37/h4,6-30,32,40H,1,5,31H2,2-3H3,(H,46,47). The summed E-state index contributed by atoms with van der Waals surface area (Å²) in [6.45, 7) is 6.97. The van der Waals surface area contributed by atoms with Crippen LogP contribution in [0.25, 0.3) is 0 Å². The average molecular weight is 736 g/mol. The van der Waals surface area contributed by atoms with Crippen LogP contribution in [0.4, 0.5) is 5.13 Å². The van der Waals surface area contributed by atoms with E-state index in [1.54, 1.807) is 19.2 Å². The Morgan fingerprint density at radius 2 is 1.24 bits per heavy atom. The van der Waals surface area contributed by atoms with Crippen LogP contribution in [0.5, 0.6) is 0 Å². The van der Waals surface area contributed by atoms with Crippen LogP contribution in [-0.4, -0.2) is 34.8 Å². The highest BCUT2D eigenvalue weighted by Crippen LogP contribution is 2.41. The van der Waals surface area contributed by atoms with Gasteiger partial charge in [-0.25, -0.2) is 14.6 Å². The summed E-state index contributed by atoms with van der Waals surface area (Å²) in [6.07, 6.45) is 0.957. The fourth-order valence-corrected chi connectivity index (χ4v) is 6.73. The van der Waals surface area contributed by atoms with Gasteiger partial charge in [0.15, 0.2) is 11.2 Å². The number of anilines is 1. The van der Waals surface area contributed by atoms with Gasteiger partial charge in [0, 0.05) is 5.38 Å². The molecule has 5 aromatic carbocycles. The minimum atomic E-state index is -1.56. The zero-order chi connectivity index (χ0) is 37.8. The molecule has 0 aliphatic carbocycles. The molecule has 0 fully saturated rings. The Labute approximate surface area is 319 Å². The molecule has 1 unspecified atom stereocenters. The molecule has 0 spiro atoms. The Kier molecular flexibility index (Phi) is 12.1. The molecule has 6 aromatic rings. The lowest BCUT2D eigenvalue weighted by atomic mass is 9.77. The van der Waals surface area contributed by atoms with E-state index in [1.807, 2.05) is 115 Å². The maximum Gasteiger partial charge on any atom is 0.363 e. The molecule has 0 saturated heterocycles. The van der Waals surface area contributed by atoms with Crippen LogP contribution >= 0.6 is 11.3 Å². The molecule has 0 amide bonds. The normalized spacial score (nSPS) is 12.7. The van der Waals surface area contributed by atoms with Crippen molar-refractivity contribution in [2.24, 2.45) is 5.16 Å². The highest BCUT2D eigenvalue weighted by molar-refractivity contribution is 7.14. The molecule has 1 atom stereocenters. The molecule has 0 saturated carbocycles. The summed E-state index contributed by atoms with van der Waals surface area (Å²) in [5.74, 6) is -1.44. The number of hydrogen-bond donors (Lipinski definition) is 1. The van der Waals surface area contributed by atoms with E-state index in [1.165, 1.54) is 17.4 Å². The van der Waals surface area contributed by atoms with Crippen LogP contribution in [-0.2, 0) is 29.4 Å². The molecular weight excluding hydrogens is 695 g/mol. The lowest BCUT2D eigenvalue weighted by Crippen LogP contribution is -2.39. The van der Waals surface area contributed by atoms with Crippen LogP contribution < -0.4 is 5.32 Å². The highest BCUT2D eigenvalue weighted by Gasteiger charge is 2.40. The zero-order valence-corrected chi connectivity index (χ0v) is 30.9. The summed E-state index contributed by atoms with van der Waals surface area (Å²) in [5.41, 5.74) is 2.15. The largest absolute Gasteiger partial charge is 0.457 e. The van der Waals surface area contributed by atoms with E-state index in [-0.39, 0.29) is 24.4 Å². The van der Waals surface area contributed by atoms with Gasteiger partial charge in [-0.05, 0) is 41.2 Å². The van der Waals surface area contributed by atoms with Crippen LogP contribution in [0.3, 0.4) is 0 Å². The van der Waals surface area contributed by atoms with Gasteiger partial charge in [-0.3, -0.25) is 0 Å². The number of nitrogens with one attached hydrogen (secondary N) is 1. The van der Waals surface area contributed by atoms with Gasteiger partial charge in [-0.1, -0.05) is 176 Å². The molecule has 9 heteroatoms. The van der Waals surface area contributed by atoms with Crippen molar-refractivity contribution in [1.82, 2.24) is 4.98 Å². The van der Waals surface area contributed by atoms with Crippen molar-refractivity contribution in [3.8, 4) is 0 Å². The quantitative estimate of drug-likeness (QED) is 0.0348. The van der Waals surface area contributed by atoms with Gasteiger partial charge < -0.3 is 19.6 Å². The van der Waals surface area contributed by atoms with Crippen molar-refractivity contribution < 1.29 is 23.9 Å². The van der Waals surface area contributed by atoms with Gasteiger partial charge in [0.1, 0.15) is 17.8 Å². The number of carbonyl (C=O) groups excluding carboxylic acids is 2. The van der Waals surface area contributed by atoms with Crippen molar-refractivity contribution in [2.75, 3.05) is 11.9 Å². The Morgan fingerprint density at radius 3 is 1.69 bits per heavy atom. The van der Waals surface area contributed by atoms with E-state index in [0.29, 0.717) is 5.13 Å². The summed E-state index contributed by atoms with van der Waals surface area (Å²) in [4.78, 5) is 38.3. The van der Waals surface area contributed by atoms with E-state index in [2.05, 4.69) is 53.4 Å². The molecule has 6 rings (SSSR count). The Bertz CT molecular complexity index is 2020. The molecule has 8 nitrogen and oxygen atoms in total. The first-order valence-corrected chi connectivity index (χ1v) is 18.5. The Balaban J connectivity index is 1.35. The number of thiazole rings is 1. The minimum Gasteiger partial charge on any atom is -0.457 e. The van der Waals surface area contributed by atoms with Crippen molar-refractivity contribution >= 4 is 34.1 Å². The average Bonchev–Trinajstić information content (AvgIpc) is 3.70. The molecule has 1 heterocycles. The number of aromatic nitrogens is 1. The lowest BCUT2D eigenvalue weighted by Gasteiger charge is -2.36. The van der Waals surface area contributed by atoms with Gasteiger partial charge in [0.05, 0.1) is 0 Å². The number of esters is 2. The van der Waals surface area contributed by atoms with Gasteiger partial charge in [0.2, 0.25) is 11.3 Å². The van der Waals surface area contributed by atoms with E-state index >= 15 is 0 Å². The van der Waals surface area contributed by atoms with E-state index in [4.69, 9.17) is 19.3 Å². The molecule has 0 aliphatic rings. The van der Waals surface area contributed by atoms with Gasteiger partial charge in [-0.2, -0.15) is 0 Å². The predicted molar refractivity (Wildman–Crippen MR) is 213 cm³/mol. The third-order valence-electron chi connectivity index (χ3n) is 9.06. The number of ether oxygens (including phenoxy) is 2. The van der Waals surface area contributed by atoms with Gasteiger partial charge in [-0.15, -0.1) is 11.3 Å². The molecule has 0 aliphatic heterocycles. The topological polar surface area (TPSA) is 99.1 Å². The Morgan fingerprint density at radius 1 is 0.778 bits per heavy atom. The van der Waals surface area contributed by atoms with E-state index in [0.717, 1.165) is 27.8 Å². The molecule has 0 radical (unpaired) electrons. The van der Waals surface area contributed by atoms with E-state index in [9.17, 15) is 9.59 Å². The highest BCUT2D eigenvalue weighted by atomic mass is 32.1. The number of benzene rings is 5. The molecule has 0 bridgehead atoms. The fourth-order valence-electron chi connectivity index (χ4n) is 5.98. The molecule has 1 aromatic heterocycles. The lowest BCUT2D eigenvalue weighted by molar-refractivity contribution is -0.175. The molecule has 54 heavy (non-hydrogen) atoms. The van der Waals surface area contributed by atoms with Crippen LogP contribution in [0.1, 0.15) is 59.9 Å². The fraction of sp³-hybridized carbons (Fsp3) is 0.156. The maximum absolute atomic E-state index is 13.9. The number of hydrogen-bond acceptors (Lipinski definition) is 9. The minimum absolute atomic E-state index is 0.0604. The summed E-state index contributed by atoms with van der Waals surface area (Å²) in [6, 6.07) is 49.3. The number of oxime groups is 1. The first-order valence-electron chi connectivity index (χ1n) is 17.6. The van der Waals surface area contributed by atoms with Crippen molar-refractivity contribution in [3.63, 3.8) is 0 Å². The Hall–Kier alpha value is -6.32. The first-order chi connectivity index (χ1) is 26.4. The van der Waals surface area contributed by atoms with Crippen LogP contribution in [0, 0.1) is 0 Å². The predicted octanol–water partition coefficient (Wildman–Crippen LogP) is 9.50. The van der Waals surface area contributed by atoms with Crippen LogP contribution in [0.2, 0.25) is 0 Å². The smallest absolute Gasteiger partial charge is 0.363 e. The summed E-state index contributed by atoms with van der Waals surface area (Å²) in [5, 5.41) is 10.2. The summed E-state index contributed by atoms with van der Waals surface area (Å²) < 4.78 is 11.6. The molecular formula is C45H41N3O5S. The SMILES string of the molecule is C=CCOC(=O)C(=NOC(C)(CC)C(=O)OC(c1ccccc1)c1ccccc1)c1csc(NC(c2ccccc2)(c2ccccc2)c2ccccc2)n1. The second-order valence-corrected chi connectivity index (χ2v) is 13.5. The summed E-state index contributed by atoms with van der Waals surface area (Å²) in [7, 11) is 0. The summed E-state index contributed by atoms with van der Waals surface area (Å²) >= 11 is 1.30. The number of nitrogens with zero attached hydrogens (tertiary/aromatic N) is 2. The van der Waals surface area contributed by atoms with Crippen LogP contribution in [0.15, 0.2) is 175 Å². The van der Waals surface area contributed by atoms with Crippen molar-refractivity contribution in [3.05, 3.63) is 203 Å². The van der Waals surface area contributed by atoms with Crippen molar-refractivity contribution in [2.45, 2.75) is 37.5 Å². The second kappa shape index (κ2) is 17.5. The second-order valence-electron chi connectivity index (χ2n) is 12.6. The molecule has 272 valence electrons. The van der Waals surface area contributed by atoms with Gasteiger partial charge >= 0.3 is 11.9 Å². The number of carbonyl (C=O) groups is 2.